The summed E-state index contributed by atoms with van der Waals surface area (Å²) >= 11 is 0. The Labute approximate surface area is 90.2 Å². The minimum atomic E-state index is -0.750. The van der Waals surface area contributed by atoms with Gasteiger partial charge in [-0.1, -0.05) is 6.42 Å². The van der Waals surface area contributed by atoms with Crippen LogP contribution in [0.25, 0.3) is 0 Å². The van der Waals surface area contributed by atoms with Crippen LogP contribution in [0.15, 0.2) is 0 Å². The van der Waals surface area contributed by atoms with Gasteiger partial charge in [0.2, 0.25) is 0 Å². The molecule has 0 bridgehead atoms. The quantitative estimate of drug-likeness (QED) is 0.746. The summed E-state index contributed by atoms with van der Waals surface area (Å²) in [6.45, 7) is 4.26. The molecule has 2 heterocycles. The second kappa shape index (κ2) is 4.10. The lowest BCUT2D eigenvalue weighted by Crippen LogP contribution is -2.60. The minimum Gasteiger partial charge on any atom is -0.480 e. The lowest BCUT2D eigenvalue weighted by molar-refractivity contribution is -0.156. The first kappa shape index (κ1) is 10.9. The predicted molar refractivity (Wildman–Crippen MR) is 55.8 cm³/mol. The number of rotatable bonds is 2. The van der Waals surface area contributed by atoms with E-state index < -0.39 is 11.5 Å². The highest BCUT2D eigenvalue weighted by atomic mass is 16.5. The number of carboxylic acids is 1. The molecule has 0 amide bonds. The van der Waals surface area contributed by atoms with Crippen molar-refractivity contribution >= 4 is 5.97 Å². The van der Waals surface area contributed by atoms with Crippen molar-refractivity contribution < 1.29 is 14.6 Å². The van der Waals surface area contributed by atoms with E-state index in [1.54, 1.807) is 0 Å². The summed E-state index contributed by atoms with van der Waals surface area (Å²) < 4.78 is 5.46. The maximum Gasteiger partial charge on any atom is 0.326 e. The smallest absolute Gasteiger partial charge is 0.326 e. The van der Waals surface area contributed by atoms with Gasteiger partial charge in [-0.15, -0.1) is 0 Å². The van der Waals surface area contributed by atoms with Gasteiger partial charge in [0.1, 0.15) is 5.54 Å². The molecule has 2 atom stereocenters. The van der Waals surface area contributed by atoms with Gasteiger partial charge >= 0.3 is 5.97 Å². The first-order valence-electron chi connectivity index (χ1n) is 5.78. The van der Waals surface area contributed by atoms with Crippen LogP contribution in [0.5, 0.6) is 0 Å². The van der Waals surface area contributed by atoms with Crippen LogP contribution < -0.4 is 0 Å². The Morgan fingerprint density at radius 1 is 1.40 bits per heavy atom. The minimum absolute atomic E-state index is 0.187. The summed E-state index contributed by atoms with van der Waals surface area (Å²) in [5.41, 5.74) is -0.750. The van der Waals surface area contributed by atoms with E-state index in [1.807, 2.05) is 6.92 Å². The normalized spacial score (nSPS) is 38.1. The molecular weight excluding hydrogens is 194 g/mol. The fourth-order valence-electron chi connectivity index (χ4n) is 2.86. The van der Waals surface area contributed by atoms with Crippen LogP contribution in [0, 0.1) is 0 Å². The predicted octanol–water partition coefficient (Wildman–Crippen LogP) is 1.10. The van der Waals surface area contributed by atoms with E-state index in [9.17, 15) is 9.90 Å². The van der Waals surface area contributed by atoms with E-state index in [0.29, 0.717) is 13.0 Å². The number of ether oxygens (including phenoxy) is 1. The van der Waals surface area contributed by atoms with E-state index in [-0.39, 0.29) is 6.10 Å². The van der Waals surface area contributed by atoms with Crippen LogP contribution in [0.3, 0.4) is 0 Å². The van der Waals surface area contributed by atoms with E-state index in [2.05, 4.69) is 4.90 Å². The number of hydrogen-bond acceptors (Lipinski definition) is 3. The Morgan fingerprint density at radius 2 is 2.07 bits per heavy atom. The Morgan fingerprint density at radius 3 is 2.53 bits per heavy atom. The highest BCUT2D eigenvalue weighted by Gasteiger charge is 2.52. The Hall–Kier alpha value is -0.610. The summed E-state index contributed by atoms with van der Waals surface area (Å²) in [5.74, 6) is -0.714. The highest BCUT2D eigenvalue weighted by Crippen LogP contribution is 2.34. The van der Waals surface area contributed by atoms with Crippen molar-refractivity contribution in [3.05, 3.63) is 0 Å². The third-order valence-electron chi connectivity index (χ3n) is 3.81. The molecule has 0 radical (unpaired) electrons. The number of nitrogens with zero attached hydrogens (tertiary/aromatic N) is 1. The molecule has 2 rings (SSSR count). The summed E-state index contributed by atoms with van der Waals surface area (Å²) in [6.07, 6.45) is 3.89. The van der Waals surface area contributed by atoms with Crippen LogP contribution in [-0.2, 0) is 9.53 Å². The summed E-state index contributed by atoms with van der Waals surface area (Å²) in [7, 11) is 0. The number of piperidine rings is 1. The molecule has 0 aromatic carbocycles. The van der Waals surface area contributed by atoms with Gasteiger partial charge in [0, 0.05) is 13.0 Å². The van der Waals surface area contributed by atoms with Crippen LogP contribution in [-0.4, -0.2) is 47.3 Å². The molecule has 0 saturated carbocycles. The first-order valence-corrected chi connectivity index (χ1v) is 5.78. The van der Waals surface area contributed by atoms with Gasteiger partial charge in [-0.05, 0) is 32.9 Å². The molecule has 2 fully saturated rings. The SMILES string of the molecule is CC1OCCC1(C(=O)O)N1CCCCC1. The van der Waals surface area contributed by atoms with Crippen molar-refractivity contribution in [2.75, 3.05) is 19.7 Å². The van der Waals surface area contributed by atoms with Gasteiger partial charge in [0.05, 0.1) is 6.10 Å². The van der Waals surface area contributed by atoms with Crippen LogP contribution in [0.2, 0.25) is 0 Å². The summed E-state index contributed by atoms with van der Waals surface area (Å²) in [5, 5.41) is 9.46. The number of hydrogen-bond donors (Lipinski definition) is 1. The van der Waals surface area contributed by atoms with Gasteiger partial charge in [0.25, 0.3) is 0 Å². The molecule has 0 aromatic rings. The van der Waals surface area contributed by atoms with Gasteiger partial charge in [0.15, 0.2) is 0 Å². The first-order chi connectivity index (χ1) is 7.18. The average Bonchev–Trinajstić information content (AvgIpc) is 2.62. The Bertz CT molecular complexity index is 250. The maximum absolute atomic E-state index is 11.5. The second-order valence-corrected chi connectivity index (χ2v) is 4.54. The molecule has 15 heavy (non-hydrogen) atoms. The van der Waals surface area contributed by atoms with E-state index >= 15 is 0 Å². The second-order valence-electron chi connectivity index (χ2n) is 4.54. The molecule has 4 heteroatoms. The molecule has 0 aliphatic carbocycles. The summed E-state index contributed by atoms with van der Waals surface area (Å²) in [4.78, 5) is 13.6. The lowest BCUT2D eigenvalue weighted by atomic mass is 9.88. The van der Waals surface area contributed by atoms with E-state index in [1.165, 1.54) is 6.42 Å². The molecule has 0 spiro atoms. The molecule has 1 N–H and O–H groups in total. The fourth-order valence-corrected chi connectivity index (χ4v) is 2.86. The van der Waals surface area contributed by atoms with Gasteiger partial charge in [-0.3, -0.25) is 9.69 Å². The fraction of sp³-hybridized carbons (Fsp3) is 0.909. The van der Waals surface area contributed by atoms with Crippen molar-refractivity contribution in [1.29, 1.82) is 0 Å². The maximum atomic E-state index is 11.5. The highest BCUT2D eigenvalue weighted by molar-refractivity contribution is 5.80. The van der Waals surface area contributed by atoms with Crippen LogP contribution in [0.1, 0.15) is 32.6 Å². The third kappa shape index (κ3) is 1.66. The lowest BCUT2D eigenvalue weighted by Gasteiger charge is -2.41. The number of aliphatic carboxylic acids is 1. The zero-order valence-electron chi connectivity index (χ0n) is 9.24. The van der Waals surface area contributed by atoms with E-state index in [4.69, 9.17) is 4.74 Å². The van der Waals surface area contributed by atoms with Crippen molar-refractivity contribution in [3.8, 4) is 0 Å². The van der Waals surface area contributed by atoms with E-state index in [0.717, 1.165) is 25.9 Å². The largest absolute Gasteiger partial charge is 0.480 e. The van der Waals surface area contributed by atoms with Gasteiger partial charge in [-0.2, -0.15) is 0 Å². The Balaban J connectivity index is 2.21. The Kier molecular flexibility index (Phi) is 2.98. The van der Waals surface area contributed by atoms with Crippen molar-refractivity contribution in [1.82, 2.24) is 4.90 Å². The number of likely N-dealkylation sites (tertiary alicyclic amines) is 1. The van der Waals surface area contributed by atoms with Gasteiger partial charge in [-0.25, -0.2) is 0 Å². The molecule has 4 nitrogen and oxygen atoms in total. The van der Waals surface area contributed by atoms with Crippen LogP contribution in [0.4, 0.5) is 0 Å². The zero-order valence-corrected chi connectivity index (χ0v) is 9.24. The average molecular weight is 213 g/mol. The summed E-state index contributed by atoms with van der Waals surface area (Å²) in [6, 6.07) is 0. The zero-order chi connectivity index (χ0) is 10.9. The molecule has 86 valence electrons. The van der Waals surface area contributed by atoms with Crippen molar-refractivity contribution in [2.45, 2.75) is 44.2 Å². The number of carbonyl (C=O) groups is 1. The molecule has 0 aromatic heterocycles. The van der Waals surface area contributed by atoms with Gasteiger partial charge < -0.3 is 9.84 Å². The third-order valence-corrected chi connectivity index (χ3v) is 3.81. The molecule has 2 unspecified atom stereocenters. The van der Waals surface area contributed by atoms with Crippen molar-refractivity contribution in [3.63, 3.8) is 0 Å². The molecule has 2 aliphatic heterocycles. The van der Waals surface area contributed by atoms with Crippen molar-refractivity contribution in [2.24, 2.45) is 0 Å². The molecule has 2 aliphatic rings. The van der Waals surface area contributed by atoms with Crippen LogP contribution >= 0.6 is 0 Å². The monoisotopic (exact) mass is 213 g/mol. The standard InChI is InChI=1S/C11H19NO3/c1-9-11(10(13)14,5-8-15-9)12-6-3-2-4-7-12/h9H,2-8H2,1H3,(H,13,14). The molecular formula is C11H19NO3. The number of carboxylic acid groups (broad SMARTS) is 1. The molecule has 2 saturated heterocycles. The topological polar surface area (TPSA) is 49.8 Å².